The van der Waals surface area contributed by atoms with Crippen LogP contribution in [0, 0.1) is 286 Å². The Kier molecular flexibility index (Phi) is 33.2. The molecular weight excluding hydrogens is 1610 g/mol. The van der Waals surface area contributed by atoms with E-state index < -0.39 is 11.2 Å². The van der Waals surface area contributed by atoms with Crippen LogP contribution in [0.2, 0.25) is 0 Å². The number of esters is 1. The van der Waals surface area contributed by atoms with Crippen LogP contribution in [-0.2, 0) is 14.3 Å². The van der Waals surface area contributed by atoms with Gasteiger partial charge in [0.1, 0.15) is 23.1 Å². The number of fused-ring (bicyclic) bond motifs is 30. The van der Waals surface area contributed by atoms with Crippen molar-refractivity contribution < 1.29 is 39.9 Å². The maximum Gasteiger partial charge on any atom is 0.302 e. The number of aliphatic hydroxyl groups excluding tert-OH is 3. The van der Waals surface area contributed by atoms with Gasteiger partial charge in [-0.15, -0.1) is 63.7 Å². The first kappa shape index (κ1) is 102. The van der Waals surface area contributed by atoms with Gasteiger partial charge in [0, 0.05) is 35.0 Å². The summed E-state index contributed by atoms with van der Waals surface area (Å²) in [6, 6.07) is 0. The van der Waals surface area contributed by atoms with E-state index in [9.17, 15) is 35.1 Å². The Morgan fingerprint density at radius 2 is 0.626 bits per heavy atom. The second kappa shape index (κ2) is 42.8. The van der Waals surface area contributed by atoms with Crippen molar-refractivity contribution in [2.75, 3.05) is 0 Å². The summed E-state index contributed by atoms with van der Waals surface area (Å²) in [5, 5.41) is 52.9. The van der Waals surface area contributed by atoms with Gasteiger partial charge in [-0.3, -0.25) is 9.59 Å². The number of hydrogen-bond donors (Lipinski definition) is 5. The Morgan fingerprint density at radius 3 is 1.02 bits per heavy atom. The predicted molar refractivity (Wildman–Crippen MR) is 536 cm³/mol. The maximum atomic E-state index is 12.3. The lowest BCUT2D eigenvalue weighted by Crippen LogP contribution is -2.53. The van der Waals surface area contributed by atoms with Crippen molar-refractivity contribution >= 4 is 11.8 Å². The largest absolute Gasteiger partial charge is 0.462 e. The summed E-state index contributed by atoms with van der Waals surface area (Å²) >= 11 is 0. The van der Waals surface area contributed by atoms with Crippen molar-refractivity contribution in [1.29, 1.82) is 0 Å². The summed E-state index contributed by atoms with van der Waals surface area (Å²) in [6.45, 7) is 17.6. The van der Waals surface area contributed by atoms with Gasteiger partial charge in [0.05, 0.1) is 18.3 Å². The molecule has 0 saturated heterocycles. The first-order valence-corrected chi connectivity index (χ1v) is 56.7. The molecule has 0 spiro atoms. The average molecular weight is 1800 g/mol. The molecule has 0 radical (unpaired) electrons. The number of Topliss-reactive ketones (excluding diaryl/α,β-unsaturated/α-hetero) is 1. The van der Waals surface area contributed by atoms with E-state index in [1.807, 2.05) is 6.92 Å². The van der Waals surface area contributed by atoms with Crippen molar-refractivity contribution in [3.63, 3.8) is 0 Å². The van der Waals surface area contributed by atoms with Gasteiger partial charge < -0.3 is 30.3 Å². The molecule has 0 aromatic rings. The zero-order valence-corrected chi connectivity index (χ0v) is 84.5. The van der Waals surface area contributed by atoms with Gasteiger partial charge in [-0.2, -0.15) is 0 Å². The highest BCUT2D eigenvalue weighted by atomic mass is 16.5. The average Bonchev–Trinajstić information content (AvgIpc) is 1.56. The van der Waals surface area contributed by atoms with Crippen LogP contribution in [0.15, 0.2) is 0 Å². The Morgan fingerprint density at radius 1 is 0.313 bits per heavy atom. The molecule has 8 nitrogen and oxygen atoms in total. The van der Waals surface area contributed by atoms with E-state index in [0.717, 1.165) is 236 Å². The lowest BCUT2D eigenvalue weighted by molar-refractivity contribution is -0.157. The van der Waals surface area contributed by atoms with E-state index in [1.165, 1.54) is 315 Å². The minimum Gasteiger partial charge on any atom is -0.462 e. The fourth-order valence-electron chi connectivity index (χ4n) is 41.7. The lowest BCUT2D eigenvalue weighted by atomic mass is 9.49. The van der Waals surface area contributed by atoms with E-state index in [-0.39, 0.29) is 62.9 Å². The van der Waals surface area contributed by atoms with E-state index in [0.29, 0.717) is 11.7 Å². The first-order valence-electron chi connectivity index (χ1n) is 56.7. The Hall–Kier alpha value is -3.70. The number of hydrogen-bond acceptors (Lipinski definition) is 8. The number of ether oxygens (including phenoxy) is 1. The van der Waals surface area contributed by atoms with Crippen LogP contribution in [0.3, 0.4) is 0 Å². The molecule has 24 fully saturated rings. The molecular formula is C123H190O8. The van der Waals surface area contributed by atoms with Crippen LogP contribution >= 0.6 is 0 Å². The highest BCUT2D eigenvalue weighted by Crippen LogP contribution is 2.71. The van der Waals surface area contributed by atoms with Crippen LogP contribution in [0.1, 0.15) is 434 Å². The van der Waals surface area contributed by atoms with Gasteiger partial charge in [0.15, 0.2) is 0 Å². The van der Waals surface area contributed by atoms with Gasteiger partial charge in [0.25, 0.3) is 0 Å². The van der Waals surface area contributed by atoms with Crippen molar-refractivity contribution in [3.05, 3.63) is 0 Å². The Labute approximate surface area is 802 Å². The number of carbonyl (C=O) groups is 2. The molecule has 0 heterocycles. The molecule has 29 unspecified atom stereocenters. The van der Waals surface area contributed by atoms with Crippen LogP contribution in [0.4, 0.5) is 0 Å². The van der Waals surface area contributed by atoms with Crippen LogP contribution in [0.25, 0.3) is 0 Å². The summed E-state index contributed by atoms with van der Waals surface area (Å²) in [7, 11) is 0. The number of aliphatic hydroxyl groups is 5. The fourth-order valence-corrected chi connectivity index (χ4v) is 41.7. The van der Waals surface area contributed by atoms with Gasteiger partial charge in [-0.25, -0.2) is 0 Å². The molecule has 0 aliphatic heterocycles. The third-order valence-corrected chi connectivity index (χ3v) is 48.0. The highest BCUT2D eigenvalue weighted by molar-refractivity contribution is 5.87. The molecule has 24 aliphatic rings. The van der Waals surface area contributed by atoms with Crippen LogP contribution < -0.4 is 0 Å². The van der Waals surface area contributed by atoms with Gasteiger partial charge in [-0.1, -0.05) is 150 Å². The van der Waals surface area contributed by atoms with Crippen molar-refractivity contribution in [2.45, 2.75) is 470 Å². The van der Waals surface area contributed by atoms with Crippen molar-refractivity contribution in [1.82, 2.24) is 0 Å². The normalized spacial score (nSPS) is 51.5. The molecule has 5 N–H and O–H groups in total. The number of carbonyl (C=O) groups excluding carboxylic acids is 2. The molecule has 42 atom stereocenters. The Bertz CT molecular complexity index is 3930. The van der Waals surface area contributed by atoms with E-state index in [1.54, 1.807) is 6.92 Å². The van der Waals surface area contributed by atoms with Gasteiger partial charge in [-0.05, 0) is 471 Å². The maximum absolute atomic E-state index is 12.3. The zero-order chi connectivity index (χ0) is 93.3. The molecule has 0 amide bonds. The standard InChI is InChI=1S/C21H32O.C20H32O2.C20H30O.C18H30O2.C18H30O.C18H28O.4C2H2/c1-3-12-21(22)14-11-19-18-9-8-15-6-4-5-7-16(15)17(18)10-13-20(19,21)2;1-13(21)22-19-10-9-18-17-8-7-14-5-3-4-6-15(14)16(17)11-12-20(18,19)2;1-3-20(21)13-11-18-17-9-8-14-6-4-5-7-15(14)16(17)10-12-19(18,20)2;1-18-9-8-14-13-5-3-12(19)10-11(13)2-4-15(14)16(18)6-7-17(18)20;2*1-18-11-10-14-13-5-3-2-4-12(13)6-7-15(14)16(18)8-9-17(18)19;4*1-2/h15-19,22H,4-11,13-14H2,1-2H3;14-19H,3-12H2,1-2H3;1,14-18,21H,4-13H2,2H3;11-17,19-20H,2-10H2,1H3;12-17,19H,2-11H2,1H3;12-16H,2-11H2,1H3;4*1-2H/t15?,16?,17?,18?,19?,20-,21-;2*14?,15?,16?,17?,18?,19-,20-;11-,12?,13-,14?,15?,16?,17-,18-;12?,13?,14?,15?,16?,17-,18-;12?,13?,14?,15?,16?,18-;;;;/m000000..../s1. The smallest absolute Gasteiger partial charge is 0.302 e. The molecule has 24 aliphatic carbocycles. The zero-order valence-electron chi connectivity index (χ0n) is 84.5. The number of ketones is 1. The summed E-state index contributed by atoms with van der Waals surface area (Å²) in [4.78, 5) is 23.8. The van der Waals surface area contributed by atoms with E-state index >= 15 is 0 Å². The summed E-state index contributed by atoms with van der Waals surface area (Å²) in [6.07, 6.45) is 117. The SMILES string of the molecule is C#C.C#C.C#C.C#C.C#C[C@]1(O)CCC2C3CCC4CCCCC4C3CC[C@@]21C.CC#C[C@]1(O)CCC2C3CCC4CCCCC4C3CC[C@@]21C.CC(=O)O[C@H]1CCC2C3CCC4CCCCC4C3CC[C@@]21C.C[C@]12CCC3C(CC[C@H]4CC(O)CC[C@H]34)C1CC[C@@H]2O.C[C@]12CCC3C4CCCCC4CCC3C1CCC2=O.C[C@]12CCC3C4CCCCC4CCC3C1CC[C@@H]2O. The topological polar surface area (TPSA) is 145 Å². The van der Waals surface area contributed by atoms with Gasteiger partial charge in [0.2, 0.25) is 0 Å². The lowest BCUT2D eigenvalue weighted by Gasteiger charge is -2.56. The molecule has 0 aromatic carbocycles. The third-order valence-electron chi connectivity index (χ3n) is 48.0. The fraction of sp³-hybridized carbons (Fsp3) is 0.886. The predicted octanol–water partition coefficient (Wildman–Crippen LogP) is 27.5. The highest BCUT2D eigenvalue weighted by Gasteiger charge is 2.67. The second-order valence-electron chi connectivity index (χ2n) is 51.6. The Balaban J connectivity index is 0.000000119. The monoisotopic (exact) mass is 1800 g/mol. The molecule has 0 bridgehead atoms. The van der Waals surface area contributed by atoms with Crippen molar-refractivity contribution in [3.8, 4) is 75.6 Å². The molecule has 131 heavy (non-hydrogen) atoms. The molecule has 24 rings (SSSR count). The number of rotatable bonds is 1. The van der Waals surface area contributed by atoms with Crippen LogP contribution in [-0.4, -0.2) is 72.9 Å². The first-order chi connectivity index (χ1) is 63.3. The quantitative estimate of drug-likeness (QED) is 0.129. The molecule has 0 aromatic heterocycles. The minimum atomic E-state index is -0.827. The second-order valence-corrected chi connectivity index (χ2v) is 51.6. The molecule has 730 valence electrons. The minimum absolute atomic E-state index is 0.00234. The van der Waals surface area contributed by atoms with E-state index in [2.05, 4.69) is 111 Å². The molecule has 24 saturated carbocycles. The summed E-state index contributed by atoms with van der Waals surface area (Å²) < 4.78 is 5.73. The summed E-state index contributed by atoms with van der Waals surface area (Å²) in [5.41, 5.74) is -0.627. The molecule has 8 heteroatoms. The van der Waals surface area contributed by atoms with Crippen molar-refractivity contribution in [2.24, 2.45) is 210 Å². The van der Waals surface area contributed by atoms with Crippen LogP contribution in [0.5, 0.6) is 0 Å². The van der Waals surface area contributed by atoms with E-state index in [4.69, 9.17) is 11.2 Å². The summed E-state index contributed by atoms with van der Waals surface area (Å²) in [5.74, 6) is 37.5. The third kappa shape index (κ3) is 18.7. The number of terminal acetylenes is 5. The van der Waals surface area contributed by atoms with Gasteiger partial charge >= 0.3 is 5.97 Å².